The molecule has 0 radical (unpaired) electrons. The lowest BCUT2D eigenvalue weighted by Gasteiger charge is -2.32. The predicted octanol–water partition coefficient (Wildman–Crippen LogP) is 7.00. The third-order valence-corrected chi connectivity index (χ3v) is 6.26. The molecule has 1 heterocycles. The number of urea groups is 1. The van der Waals surface area contributed by atoms with Crippen LogP contribution in [-0.4, -0.2) is 27.0 Å². The fourth-order valence-electron chi connectivity index (χ4n) is 4.42. The van der Waals surface area contributed by atoms with E-state index in [0.717, 1.165) is 25.3 Å². The summed E-state index contributed by atoms with van der Waals surface area (Å²) in [5.74, 6) is 0.429. The van der Waals surface area contributed by atoms with Crippen molar-refractivity contribution in [2.75, 3.05) is 11.9 Å². The smallest absolute Gasteiger partial charge is 0.314 e. The first-order valence-corrected chi connectivity index (χ1v) is 12.5. The predicted molar refractivity (Wildman–Crippen MR) is 136 cm³/mol. The number of halogens is 3. The Hall–Kier alpha value is -3.36. The van der Waals surface area contributed by atoms with Crippen LogP contribution in [0.4, 0.5) is 23.7 Å². The Morgan fingerprint density at radius 2 is 1.72 bits per heavy atom. The summed E-state index contributed by atoms with van der Waals surface area (Å²) >= 11 is 0. The number of nitrogens with zero attached hydrogens (tertiary/aromatic N) is 3. The molecule has 194 valence electrons. The van der Waals surface area contributed by atoms with Crippen LogP contribution in [0, 0.1) is 0 Å². The van der Waals surface area contributed by atoms with Crippen molar-refractivity contribution in [3.8, 4) is 0 Å². The lowest BCUT2D eigenvalue weighted by Crippen LogP contribution is -2.41. The van der Waals surface area contributed by atoms with Crippen molar-refractivity contribution in [3.63, 3.8) is 0 Å². The number of unbranched alkanes of at least 4 members (excludes halogenated alkanes) is 3. The van der Waals surface area contributed by atoms with E-state index >= 15 is 0 Å². The lowest BCUT2D eigenvalue weighted by molar-refractivity contribution is -0.136. The van der Waals surface area contributed by atoms with Crippen LogP contribution in [0.3, 0.4) is 0 Å². The van der Waals surface area contributed by atoms with Crippen LogP contribution in [0.2, 0.25) is 0 Å². The Morgan fingerprint density at radius 1 is 1.03 bits per heavy atom. The number of alkyl halides is 3. The monoisotopic (exact) mass is 502 g/mol. The van der Waals surface area contributed by atoms with Gasteiger partial charge in [-0.05, 0) is 44.0 Å². The second kappa shape index (κ2) is 12.1. The van der Waals surface area contributed by atoms with Crippen LogP contribution in [-0.2, 0) is 12.7 Å². The summed E-state index contributed by atoms with van der Waals surface area (Å²) < 4.78 is 42.2. The van der Waals surface area contributed by atoms with E-state index in [4.69, 9.17) is 4.98 Å². The molecule has 1 atom stereocenters. The maximum absolute atomic E-state index is 13.6. The highest BCUT2D eigenvalue weighted by molar-refractivity contribution is 5.90. The number of carbonyl (C=O) groups excluding carboxylic acids is 1. The number of fused-ring (bicyclic) bond motifs is 1. The summed E-state index contributed by atoms with van der Waals surface area (Å²) in [7, 11) is 0. The van der Waals surface area contributed by atoms with Gasteiger partial charge in [-0.1, -0.05) is 57.4 Å². The van der Waals surface area contributed by atoms with E-state index in [2.05, 4.69) is 12.2 Å². The Kier molecular flexibility index (Phi) is 9.12. The Bertz CT molecular complexity index is 1240. The van der Waals surface area contributed by atoms with Crippen LogP contribution in [0.5, 0.6) is 0 Å². The Labute approximate surface area is 209 Å². The van der Waals surface area contributed by atoms with Gasteiger partial charge >= 0.3 is 12.2 Å². The summed E-state index contributed by atoms with van der Waals surface area (Å²) in [6.45, 7) is 6.46. The topological polar surface area (TPSA) is 67.2 Å². The summed E-state index contributed by atoms with van der Waals surface area (Å²) in [5.41, 5.74) is -0.894. The molecule has 1 N–H and O–H groups in total. The summed E-state index contributed by atoms with van der Waals surface area (Å²) in [5, 5.41) is 2.97. The van der Waals surface area contributed by atoms with E-state index in [9.17, 15) is 22.8 Å². The number of benzene rings is 2. The second-order valence-corrected chi connectivity index (χ2v) is 8.69. The minimum absolute atomic E-state index is 0.203. The minimum Gasteiger partial charge on any atom is -0.314 e. The molecule has 2 aromatic carbocycles. The fourth-order valence-corrected chi connectivity index (χ4v) is 4.42. The third-order valence-electron chi connectivity index (χ3n) is 6.26. The first kappa shape index (κ1) is 27.2. The van der Waals surface area contributed by atoms with Gasteiger partial charge in [-0.3, -0.25) is 9.36 Å². The summed E-state index contributed by atoms with van der Waals surface area (Å²) in [4.78, 5) is 33.0. The van der Waals surface area contributed by atoms with Crippen molar-refractivity contribution in [2.45, 2.75) is 71.6 Å². The maximum atomic E-state index is 13.6. The van der Waals surface area contributed by atoms with Gasteiger partial charge in [0.1, 0.15) is 5.82 Å². The molecule has 9 heteroatoms. The molecule has 0 bridgehead atoms. The highest BCUT2D eigenvalue weighted by atomic mass is 19.4. The molecular weight excluding hydrogens is 469 g/mol. The van der Waals surface area contributed by atoms with Gasteiger partial charge in [0.05, 0.1) is 28.2 Å². The molecule has 3 aromatic rings. The Morgan fingerprint density at radius 3 is 2.39 bits per heavy atom. The molecule has 3 rings (SSSR count). The summed E-state index contributed by atoms with van der Waals surface area (Å²) in [6, 6.07) is 10.7. The molecule has 0 saturated heterocycles. The van der Waals surface area contributed by atoms with Gasteiger partial charge in [-0.2, -0.15) is 13.2 Å². The number of rotatable bonds is 10. The second-order valence-electron chi connectivity index (χ2n) is 8.69. The first-order valence-electron chi connectivity index (χ1n) is 12.5. The van der Waals surface area contributed by atoms with Crippen molar-refractivity contribution in [3.05, 3.63) is 70.3 Å². The zero-order valence-corrected chi connectivity index (χ0v) is 20.9. The van der Waals surface area contributed by atoms with Crippen molar-refractivity contribution >= 4 is 22.6 Å². The first-order chi connectivity index (χ1) is 17.2. The van der Waals surface area contributed by atoms with Crippen LogP contribution >= 0.6 is 0 Å². The van der Waals surface area contributed by atoms with Gasteiger partial charge in [-0.25, -0.2) is 9.78 Å². The molecule has 0 aliphatic heterocycles. The van der Waals surface area contributed by atoms with Crippen molar-refractivity contribution in [1.29, 1.82) is 0 Å². The van der Waals surface area contributed by atoms with E-state index in [0.29, 0.717) is 42.7 Å². The molecule has 0 spiro atoms. The van der Waals surface area contributed by atoms with E-state index in [-0.39, 0.29) is 11.2 Å². The molecule has 0 fully saturated rings. The average Bonchev–Trinajstić information content (AvgIpc) is 2.85. The Balaban J connectivity index is 2.05. The third kappa shape index (κ3) is 6.06. The van der Waals surface area contributed by atoms with Crippen LogP contribution < -0.4 is 10.9 Å². The normalized spacial score (nSPS) is 12.5. The van der Waals surface area contributed by atoms with E-state index in [1.807, 2.05) is 13.8 Å². The largest absolute Gasteiger partial charge is 0.418 e. The molecule has 0 aliphatic rings. The van der Waals surface area contributed by atoms with Gasteiger partial charge in [0.15, 0.2) is 0 Å². The van der Waals surface area contributed by atoms with E-state index in [1.54, 1.807) is 28.8 Å². The van der Waals surface area contributed by atoms with Gasteiger partial charge in [0.25, 0.3) is 5.56 Å². The fraction of sp³-hybridized carbons (Fsp3) is 0.444. The molecule has 1 unspecified atom stereocenters. The number of hydrogen-bond acceptors (Lipinski definition) is 3. The highest BCUT2D eigenvalue weighted by Crippen LogP contribution is 2.35. The molecule has 6 nitrogen and oxygen atoms in total. The molecule has 1 aromatic heterocycles. The van der Waals surface area contributed by atoms with Crippen LogP contribution in [0.25, 0.3) is 10.9 Å². The van der Waals surface area contributed by atoms with Gasteiger partial charge in [0.2, 0.25) is 0 Å². The van der Waals surface area contributed by atoms with Gasteiger partial charge in [0, 0.05) is 13.1 Å². The quantitative estimate of drug-likeness (QED) is 0.304. The SMILES string of the molecule is CCCCCCN(C(=O)Nc1ccccc1C(F)(F)F)C(CC)c1nc2ccccc2c(=O)n1CC. The zero-order valence-electron chi connectivity index (χ0n) is 20.9. The molecular formula is C27H33F3N4O2. The zero-order chi connectivity index (χ0) is 26.3. The van der Waals surface area contributed by atoms with Crippen molar-refractivity contribution in [2.24, 2.45) is 0 Å². The van der Waals surface area contributed by atoms with Crippen molar-refractivity contribution in [1.82, 2.24) is 14.5 Å². The van der Waals surface area contributed by atoms with Crippen LogP contribution in [0.1, 0.15) is 70.3 Å². The van der Waals surface area contributed by atoms with Crippen LogP contribution in [0.15, 0.2) is 53.3 Å². The lowest BCUT2D eigenvalue weighted by atomic mass is 10.1. The molecule has 36 heavy (non-hydrogen) atoms. The van der Waals surface area contributed by atoms with Crippen molar-refractivity contribution < 1.29 is 18.0 Å². The van der Waals surface area contributed by atoms with Gasteiger partial charge in [-0.15, -0.1) is 0 Å². The standard InChI is InChI=1S/C27H33F3N4O2/c1-4-7-8-13-18-34(26(36)32-22-17-12-10-15-20(22)27(28,29)30)23(5-2)24-31-21-16-11-9-14-19(21)25(35)33(24)6-3/h9-12,14-17,23H,4-8,13,18H2,1-3H3,(H,32,36). The van der Waals surface area contributed by atoms with E-state index in [1.165, 1.54) is 23.1 Å². The molecule has 2 amide bonds. The number of carbonyl (C=O) groups is 1. The highest BCUT2D eigenvalue weighted by Gasteiger charge is 2.35. The molecule has 0 aliphatic carbocycles. The number of amides is 2. The van der Waals surface area contributed by atoms with Gasteiger partial charge < -0.3 is 10.2 Å². The van der Waals surface area contributed by atoms with E-state index < -0.39 is 23.8 Å². The minimum atomic E-state index is -4.61. The number of nitrogens with one attached hydrogen (secondary N) is 1. The number of para-hydroxylation sites is 2. The average molecular weight is 503 g/mol. The summed E-state index contributed by atoms with van der Waals surface area (Å²) in [6.07, 6.45) is -0.624. The maximum Gasteiger partial charge on any atom is 0.418 e. The molecule has 0 saturated carbocycles. The number of aromatic nitrogens is 2. The number of anilines is 1. The number of hydrogen-bond donors (Lipinski definition) is 1.